The number of nitriles is 1. The predicted octanol–water partition coefficient (Wildman–Crippen LogP) is 0.643. The van der Waals surface area contributed by atoms with Gasteiger partial charge in [-0.3, -0.25) is 4.79 Å². The molecule has 0 aromatic heterocycles. The summed E-state index contributed by atoms with van der Waals surface area (Å²) in [6.07, 6.45) is 5.46. The van der Waals surface area contributed by atoms with Crippen molar-refractivity contribution < 1.29 is 4.79 Å². The SMILES string of the molecule is N#CC1CCCN1C(=O)CNC1CCC1. The summed E-state index contributed by atoms with van der Waals surface area (Å²) in [6.45, 7) is 1.16. The summed E-state index contributed by atoms with van der Waals surface area (Å²) in [5, 5.41) is 12.1. The third-order valence-corrected chi connectivity index (χ3v) is 3.37. The average molecular weight is 207 g/mol. The first-order chi connectivity index (χ1) is 7.31. The van der Waals surface area contributed by atoms with E-state index in [4.69, 9.17) is 5.26 Å². The van der Waals surface area contributed by atoms with E-state index in [1.165, 1.54) is 19.3 Å². The zero-order chi connectivity index (χ0) is 10.7. The van der Waals surface area contributed by atoms with Crippen molar-refractivity contribution in [2.45, 2.75) is 44.2 Å². The number of rotatable bonds is 3. The van der Waals surface area contributed by atoms with Crippen molar-refractivity contribution in [3.63, 3.8) is 0 Å². The van der Waals surface area contributed by atoms with E-state index >= 15 is 0 Å². The largest absolute Gasteiger partial charge is 0.326 e. The minimum atomic E-state index is -0.180. The van der Waals surface area contributed by atoms with Crippen LogP contribution in [0.15, 0.2) is 0 Å². The van der Waals surface area contributed by atoms with E-state index in [2.05, 4.69) is 11.4 Å². The van der Waals surface area contributed by atoms with Crippen LogP contribution in [-0.2, 0) is 4.79 Å². The molecule has 2 rings (SSSR count). The molecule has 4 nitrogen and oxygen atoms in total. The summed E-state index contributed by atoms with van der Waals surface area (Å²) >= 11 is 0. The first-order valence-corrected chi connectivity index (χ1v) is 5.73. The number of carbonyl (C=O) groups is 1. The quantitative estimate of drug-likeness (QED) is 0.739. The Hall–Kier alpha value is -1.08. The highest BCUT2D eigenvalue weighted by Gasteiger charge is 2.28. The molecule has 2 fully saturated rings. The molecule has 1 amide bonds. The van der Waals surface area contributed by atoms with Crippen LogP contribution in [0, 0.1) is 11.3 Å². The Bertz CT molecular complexity index is 280. The molecule has 15 heavy (non-hydrogen) atoms. The molecule has 0 aromatic rings. The second kappa shape index (κ2) is 4.63. The maximum atomic E-state index is 11.8. The number of nitrogens with zero attached hydrogens (tertiary/aromatic N) is 2. The molecule has 0 bridgehead atoms. The van der Waals surface area contributed by atoms with Crippen molar-refractivity contribution in [1.29, 1.82) is 5.26 Å². The Labute approximate surface area is 90.2 Å². The summed E-state index contributed by atoms with van der Waals surface area (Å²) in [5.41, 5.74) is 0. The molecule has 1 saturated carbocycles. The second-order valence-corrected chi connectivity index (χ2v) is 4.38. The minimum absolute atomic E-state index is 0.0888. The lowest BCUT2D eigenvalue weighted by atomic mass is 9.93. The molecule has 1 unspecified atom stereocenters. The van der Waals surface area contributed by atoms with Gasteiger partial charge >= 0.3 is 0 Å². The molecule has 0 spiro atoms. The molecule has 2 aliphatic rings. The zero-order valence-electron chi connectivity index (χ0n) is 8.91. The number of amides is 1. The van der Waals surface area contributed by atoms with Gasteiger partial charge in [0.1, 0.15) is 6.04 Å². The highest BCUT2D eigenvalue weighted by atomic mass is 16.2. The minimum Gasteiger partial charge on any atom is -0.326 e. The summed E-state index contributed by atoms with van der Waals surface area (Å²) < 4.78 is 0. The lowest BCUT2D eigenvalue weighted by Crippen LogP contribution is -2.45. The van der Waals surface area contributed by atoms with Gasteiger partial charge in [-0.15, -0.1) is 0 Å². The fourth-order valence-corrected chi connectivity index (χ4v) is 2.14. The van der Waals surface area contributed by atoms with Crippen molar-refractivity contribution in [3.8, 4) is 6.07 Å². The maximum absolute atomic E-state index is 11.8. The topological polar surface area (TPSA) is 56.1 Å². The fraction of sp³-hybridized carbons (Fsp3) is 0.818. The number of nitrogens with one attached hydrogen (secondary N) is 1. The molecular formula is C11H17N3O. The first kappa shape index (κ1) is 10.4. The van der Waals surface area contributed by atoms with E-state index in [-0.39, 0.29) is 11.9 Å². The van der Waals surface area contributed by atoms with Crippen LogP contribution in [0.25, 0.3) is 0 Å². The van der Waals surface area contributed by atoms with Crippen molar-refractivity contribution >= 4 is 5.91 Å². The molecule has 1 aliphatic carbocycles. The van der Waals surface area contributed by atoms with E-state index in [9.17, 15) is 4.79 Å². The van der Waals surface area contributed by atoms with Crippen LogP contribution < -0.4 is 5.32 Å². The number of carbonyl (C=O) groups excluding carboxylic acids is 1. The third-order valence-electron chi connectivity index (χ3n) is 3.37. The average Bonchev–Trinajstić information content (AvgIpc) is 2.62. The smallest absolute Gasteiger partial charge is 0.237 e. The van der Waals surface area contributed by atoms with E-state index in [1.54, 1.807) is 4.90 Å². The Morgan fingerprint density at radius 2 is 2.20 bits per heavy atom. The van der Waals surface area contributed by atoms with E-state index in [0.29, 0.717) is 12.6 Å². The van der Waals surface area contributed by atoms with E-state index < -0.39 is 0 Å². The second-order valence-electron chi connectivity index (χ2n) is 4.38. The number of likely N-dealkylation sites (tertiary alicyclic amines) is 1. The molecule has 1 heterocycles. The van der Waals surface area contributed by atoms with Gasteiger partial charge in [-0.25, -0.2) is 0 Å². The van der Waals surface area contributed by atoms with Crippen LogP contribution in [0.5, 0.6) is 0 Å². The van der Waals surface area contributed by atoms with E-state index in [0.717, 1.165) is 19.4 Å². The molecule has 1 N–H and O–H groups in total. The van der Waals surface area contributed by atoms with Gasteiger partial charge in [-0.2, -0.15) is 5.26 Å². The van der Waals surface area contributed by atoms with Crippen LogP contribution in [-0.4, -0.2) is 36.0 Å². The number of hydrogen-bond donors (Lipinski definition) is 1. The standard InChI is InChI=1S/C11H17N3O/c12-7-10-5-2-6-14(10)11(15)8-13-9-3-1-4-9/h9-10,13H,1-6,8H2. The molecule has 1 atom stereocenters. The molecule has 0 radical (unpaired) electrons. The van der Waals surface area contributed by atoms with Gasteiger partial charge in [0.2, 0.25) is 5.91 Å². The highest BCUT2D eigenvalue weighted by Crippen LogP contribution is 2.19. The number of hydrogen-bond acceptors (Lipinski definition) is 3. The van der Waals surface area contributed by atoms with Crippen molar-refractivity contribution in [3.05, 3.63) is 0 Å². The van der Waals surface area contributed by atoms with Gasteiger partial charge in [0.15, 0.2) is 0 Å². The molecule has 82 valence electrons. The lowest BCUT2D eigenvalue weighted by Gasteiger charge is -2.28. The monoisotopic (exact) mass is 207 g/mol. The lowest BCUT2D eigenvalue weighted by molar-refractivity contribution is -0.130. The van der Waals surface area contributed by atoms with Crippen molar-refractivity contribution in [2.75, 3.05) is 13.1 Å². The summed E-state index contributed by atoms with van der Waals surface area (Å²) in [6, 6.07) is 2.55. The van der Waals surface area contributed by atoms with Crippen LogP contribution >= 0.6 is 0 Å². The Kier molecular flexibility index (Phi) is 3.22. The molecule has 0 aromatic carbocycles. The zero-order valence-corrected chi connectivity index (χ0v) is 8.91. The Balaban J connectivity index is 1.76. The van der Waals surface area contributed by atoms with Crippen LogP contribution in [0.2, 0.25) is 0 Å². The van der Waals surface area contributed by atoms with Gasteiger partial charge in [-0.1, -0.05) is 6.42 Å². The van der Waals surface area contributed by atoms with Gasteiger partial charge in [-0.05, 0) is 25.7 Å². The first-order valence-electron chi connectivity index (χ1n) is 5.73. The summed E-state index contributed by atoms with van der Waals surface area (Å²) in [4.78, 5) is 13.5. The maximum Gasteiger partial charge on any atom is 0.237 e. The predicted molar refractivity (Wildman–Crippen MR) is 56.0 cm³/mol. The van der Waals surface area contributed by atoms with Crippen molar-refractivity contribution in [2.24, 2.45) is 0 Å². The Morgan fingerprint density at radius 1 is 1.40 bits per heavy atom. The molecule has 4 heteroatoms. The molecule has 1 aliphatic heterocycles. The molecule has 1 saturated heterocycles. The van der Waals surface area contributed by atoms with Crippen LogP contribution in [0.1, 0.15) is 32.1 Å². The van der Waals surface area contributed by atoms with Gasteiger partial charge < -0.3 is 10.2 Å². The van der Waals surface area contributed by atoms with Crippen LogP contribution in [0.3, 0.4) is 0 Å². The van der Waals surface area contributed by atoms with Gasteiger partial charge in [0.05, 0.1) is 12.6 Å². The normalized spacial score (nSPS) is 26.1. The Morgan fingerprint density at radius 3 is 2.80 bits per heavy atom. The third kappa shape index (κ3) is 2.29. The van der Waals surface area contributed by atoms with Gasteiger partial charge in [0.25, 0.3) is 0 Å². The van der Waals surface area contributed by atoms with E-state index in [1.807, 2.05) is 0 Å². The highest BCUT2D eigenvalue weighted by molar-refractivity contribution is 5.79. The van der Waals surface area contributed by atoms with Gasteiger partial charge in [0, 0.05) is 12.6 Å². The van der Waals surface area contributed by atoms with Crippen molar-refractivity contribution in [1.82, 2.24) is 10.2 Å². The summed E-state index contributed by atoms with van der Waals surface area (Å²) in [7, 11) is 0. The summed E-state index contributed by atoms with van der Waals surface area (Å²) in [5.74, 6) is 0.0888. The molecular weight excluding hydrogens is 190 g/mol. The fourth-order valence-electron chi connectivity index (χ4n) is 2.14. The van der Waals surface area contributed by atoms with Crippen LogP contribution in [0.4, 0.5) is 0 Å².